The second-order valence-electron chi connectivity index (χ2n) is 9.46. The third kappa shape index (κ3) is 4.28. The lowest BCUT2D eigenvalue weighted by molar-refractivity contribution is -0.136. The number of carbonyl (C=O) groups excluding carboxylic acids is 3. The minimum Gasteiger partial charge on any atom is -0.322 e. The zero-order valence-corrected chi connectivity index (χ0v) is 19.1. The Bertz CT molecular complexity index is 1110. The number of imide groups is 1. The van der Waals surface area contributed by atoms with Gasteiger partial charge in [-0.1, -0.05) is 6.07 Å². The molecule has 172 valence electrons. The van der Waals surface area contributed by atoms with E-state index in [1.54, 1.807) is 4.90 Å². The van der Waals surface area contributed by atoms with Gasteiger partial charge in [-0.25, -0.2) is 0 Å². The average molecular weight is 448 g/mol. The van der Waals surface area contributed by atoms with Crippen LogP contribution in [0, 0.1) is 0 Å². The molecule has 4 heterocycles. The summed E-state index contributed by atoms with van der Waals surface area (Å²) in [4.78, 5) is 47.6. The molecular weight excluding hydrogens is 418 g/mol. The van der Waals surface area contributed by atoms with Crippen LogP contribution in [0.2, 0.25) is 0 Å². The van der Waals surface area contributed by atoms with Crippen molar-refractivity contribution in [1.82, 2.24) is 25.0 Å². The molecule has 2 saturated heterocycles. The van der Waals surface area contributed by atoms with Crippen molar-refractivity contribution in [1.29, 1.82) is 0 Å². The summed E-state index contributed by atoms with van der Waals surface area (Å²) in [5.74, 6) is -0.822. The topological polar surface area (TPSA) is 85.8 Å². The van der Waals surface area contributed by atoms with Crippen molar-refractivity contribution in [2.75, 3.05) is 27.2 Å². The van der Waals surface area contributed by atoms with Crippen molar-refractivity contribution in [2.24, 2.45) is 0 Å². The van der Waals surface area contributed by atoms with Crippen molar-refractivity contribution in [3.8, 4) is 11.3 Å². The molecule has 2 aromatic rings. The van der Waals surface area contributed by atoms with Gasteiger partial charge in [0.15, 0.2) is 0 Å². The van der Waals surface area contributed by atoms with E-state index in [1.807, 2.05) is 24.4 Å². The summed E-state index contributed by atoms with van der Waals surface area (Å²) in [6.07, 6.45) is 3.66. The number of aromatic nitrogens is 1. The van der Waals surface area contributed by atoms with E-state index < -0.39 is 6.04 Å². The van der Waals surface area contributed by atoms with Gasteiger partial charge in [0.1, 0.15) is 6.04 Å². The number of likely N-dealkylation sites (N-methyl/N-ethyl adjacent to an activating group) is 1. The van der Waals surface area contributed by atoms with E-state index in [4.69, 9.17) is 0 Å². The molecular formula is C25H29N5O3. The Morgan fingerprint density at radius 2 is 1.97 bits per heavy atom. The molecule has 0 bridgehead atoms. The van der Waals surface area contributed by atoms with Gasteiger partial charge in [-0.05, 0) is 62.3 Å². The van der Waals surface area contributed by atoms with Gasteiger partial charge in [0, 0.05) is 56.0 Å². The Labute approximate surface area is 193 Å². The van der Waals surface area contributed by atoms with Crippen molar-refractivity contribution in [2.45, 2.75) is 44.4 Å². The highest BCUT2D eigenvalue weighted by Crippen LogP contribution is 2.31. The first-order valence-electron chi connectivity index (χ1n) is 11.5. The van der Waals surface area contributed by atoms with Crippen LogP contribution in [-0.4, -0.2) is 76.7 Å². The van der Waals surface area contributed by atoms with E-state index >= 15 is 0 Å². The van der Waals surface area contributed by atoms with Crippen LogP contribution < -0.4 is 5.32 Å². The highest BCUT2D eigenvalue weighted by molar-refractivity contribution is 6.05. The molecule has 3 aliphatic heterocycles. The van der Waals surface area contributed by atoms with E-state index in [-0.39, 0.29) is 24.1 Å². The van der Waals surface area contributed by atoms with Gasteiger partial charge >= 0.3 is 0 Å². The molecule has 2 fully saturated rings. The van der Waals surface area contributed by atoms with Gasteiger partial charge in [-0.15, -0.1) is 0 Å². The molecule has 33 heavy (non-hydrogen) atoms. The smallest absolute Gasteiger partial charge is 0.255 e. The molecule has 0 radical (unpaired) electrons. The minimum absolute atomic E-state index is 0.155. The zero-order chi connectivity index (χ0) is 23.1. The highest BCUT2D eigenvalue weighted by atomic mass is 16.2. The lowest BCUT2D eigenvalue weighted by Crippen LogP contribution is -2.52. The maximum absolute atomic E-state index is 12.9. The van der Waals surface area contributed by atoms with Crippen LogP contribution in [0.4, 0.5) is 0 Å². The Balaban J connectivity index is 1.32. The molecule has 5 rings (SSSR count). The number of hydrogen-bond acceptors (Lipinski definition) is 6. The number of rotatable bonds is 5. The summed E-state index contributed by atoms with van der Waals surface area (Å²) in [5, 5.41) is 2.35. The number of benzene rings is 1. The molecule has 1 aromatic heterocycles. The molecule has 8 nitrogen and oxygen atoms in total. The van der Waals surface area contributed by atoms with Crippen LogP contribution in [0.1, 0.15) is 40.7 Å². The number of nitrogens with zero attached hydrogens (tertiary/aromatic N) is 4. The molecule has 3 aliphatic rings. The van der Waals surface area contributed by atoms with Gasteiger partial charge < -0.3 is 9.80 Å². The molecule has 0 saturated carbocycles. The number of amides is 3. The summed E-state index contributed by atoms with van der Waals surface area (Å²) in [5.41, 5.74) is 4.57. The van der Waals surface area contributed by atoms with Gasteiger partial charge in [0.25, 0.3) is 5.91 Å². The lowest BCUT2D eigenvalue weighted by atomic mass is 10.0. The second kappa shape index (κ2) is 8.68. The molecule has 1 N–H and O–H groups in total. The van der Waals surface area contributed by atoms with E-state index in [0.29, 0.717) is 24.6 Å². The third-order valence-electron chi connectivity index (χ3n) is 7.03. The number of carbonyl (C=O) groups is 3. The maximum atomic E-state index is 12.9. The van der Waals surface area contributed by atoms with E-state index in [9.17, 15) is 14.4 Å². The summed E-state index contributed by atoms with van der Waals surface area (Å²) in [6.45, 7) is 3.43. The first-order chi connectivity index (χ1) is 15.9. The summed E-state index contributed by atoms with van der Waals surface area (Å²) in [7, 11) is 4.28. The summed E-state index contributed by atoms with van der Waals surface area (Å²) >= 11 is 0. The number of likely N-dealkylation sites (tertiary alicyclic amines) is 1. The summed E-state index contributed by atoms with van der Waals surface area (Å²) in [6, 6.07) is 9.95. The van der Waals surface area contributed by atoms with E-state index in [1.165, 1.54) is 12.0 Å². The number of nitrogens with one attached hydrogen (secondary N) is 1. The quantitative estimate of drug-likeness (QED) is 0.702. The first kappa shape index (κ1) is 21.7. The Hall–Kier alpha value is -3.10. The molecule has 8 heteroatoms. The SMILES string of the molecule is CN(C)[C@H]1CCN(Cc2ccnc(-c3ccc4c(c3)CN(C3CCC(=O)NC3=O)C4=O)c2)C1. The summed E-state index contributed by atoms with van der Waals surface area (Å²) < 4.78 is 0. The monoisotopic (exact) mass is 447 g/mol. The Morgan fingerprint density at radius 1 is 1.12 bits per heavy atom. The standard InChI is InChI=1S/C25H29N5O3/c1-28(2)19-8-10-29(15-19)13-16-7-9-26-21(11-16)17-3-4-20-18(12-17)14-30(25(20)33)22-5-6-23(31)27-24(22)32/h3-4,7,9,11-12,19,22H,5-6,8,10,13-15H2,1-2H3,(H,27,31,32)/t19-,22?/m0/s1. The third-order valence-corrected chi connectivity index (χ3v) is 7.03. The van der Waals surface area contributed by atoms with Gasteiger partial charge in [0.2, 0.25) is 11.8 Å². The van der Waals surface area contributed by atoms with Crippen molar-refractivity contribution in [3.63, 3.8) is 0 Å². The fourth-order valence-corrected chi connectivity index (χ4v) is 5.10. The first-order valence-corrected chi connectivity index (χ1v) is 11.5. The molecule has 2 atom stereocenters. The van der Waals surface area contributed by atoms with Crippen LogP contribution in [0.15, 0.2) is 36.5 Å². The zero-order valence-electron chi connectivity index (χ0n) is 19.1. The van der Waals surface area contributed by atoms with Crippen LogP contribution in [-0.2, 0) is 22.7 Å². The maximum Gasteiger partial charge on any atom is 0.255 e. The van der Waals surface area contributed by atoms with Crippen LogP contribution in [0.5, 0.6) is 0 Å². The van der Waals surface area contributed by atoms with Crippen molar-refractivity contribution >= 4 is 17.7 Å². The van der Waals surface area contributed by atoms with Crippen LogP contribution >= 0.6 is 0 Å². The van der Waals surface area contributed by atoms with Gasteiger partial charge in [-0.3, -0.25) is 29.6 Å². The number of piperidine rings is 1. The van der Waals surface area contributed by atoms with Crippen molar-refractivity contribution < 1.29 is 14.4 Å². The van der Waals surface area contributed by atoms with Gasteiger partial charge in [0.05, 0.1) is 5.69 Å². The molecule has 0 aliphatic carbocycles. The molecule has 3 amide bonds. The fourth-order valence-electron chi connectivity index (χ4n) is 5.10. The van der Waals surface area contributed by atoms with E-state index in [0.717, 1.165) is 36.5 Å². The molecule has 1 unspecified atom stereocenters. The number of pyridine rings is 1. The Kier molecular flexibility index (Phi) is 5.72. The number of hydrogen-bond donors (Lipinski definition) is 1. The van der Waals surface area contributed by atoms with Gasteiger partial charge in [-0.2, -0.15) is 0 Å². The van der Waals surface area contributed by atoms with Crippen LogP contribution in [0.3, 0.4) is 0 Å². The molecule has 1 aromatic carbocycles. The normalized spacial score (nSPS) is 23.4. The lowest BCUT2D eigenvalue weighted by Gasteiger charge is -2.29. The fraction of sp³-hybridized carbons (Fsp3) is 0.440. The highest BCUT2D eigenvalue weighted by Gasteiger charge is 2.39. The Morgan fingerprint density at radius 3 is 2.73 bits per heavy atom. The average Bonchev–Trinajstić information content (AvgIpc) is 3.39. The molecule has 0 spiro atoms. The number of fused-ring (bicyclic) bond motifs is 1. The minimum atomic E-state index is -0.598. The van der Waals surface area contributed by atoms with E-state index in [2.05, 4.69) is 46.3 Å². The second-order valence-corrected chi connectivity index (χ2v) is 9.46. The largest absolute Gasteiger partial charge is 0.322 e. The predicted octanol–water partition coefficient (Wildman–Crippen LogP) is 1.65. The van der Waals surface area contributed by atoms with Crippen LogP contribution in [0.25, 0.3) is 11.3 Å². The van der Waals surface area contributed by atoms with Crippen molar-refractivity contribution in [3.05, 3.63) is 53.2 Å². The predicted molar refractivity (Wildman–Crippen MR) is 123 cm³/mol.